The van der Waals surface area contributed by atoms with Gasteiger partial charge >= 0.3 is 0 Å². The zero-order chi connectivity index (χ0) is 15.9. The van der Waals surface area contributed by atoms with Crippen molar-refractivity contribution in [3.05, 3.63) is 63.3 Å². The van der Waals surface area contributed by atoms with Crippen LogP contribution in [0.2, 0.25) is 10.0 Å². The van der Waals surface area contributed by atoms with Crippen LogP contribution in [0.3, 0.4) is 0 Å². The van der Waals surface area contributed by atoms with Gasteiger partial charge in [0.15, 0.2) is 5.76 Å². The number of fused-ring (bicyclic) bond motifs is 1. The molecule has 0 atom stereocenters. The summed E-state index contributed by atoms with van der Waals surface area (Å²) < 4.78 is 5.64. The van der Waals surface area contributed by atoms with Crippen LogP contribution in [0.5, 0.6) is 0 Å². The zero-order valence-corrected chi connectivity index (χ0v) is 13.5. The van der Waals surface area contributed by atoms with Crippen molar-refractivity contribution in [2.45, 2.75) is 13.8 Å². The third kappa shape index (κ3) is 2.70. The van der Waals surface area contributed by atoms with E-state index >= 15 is 0 Å². The molecule has 0 saturated carbocycles. The lowest BCUT2D eigenvalue weighted by molar-refractivity contribution is 0.0998. The standard InChI is InChI=1S/C17H13Cl2NO2/c1-9-3-5-14(13(19)7-9)20-17(21)16-10(2)12-8-11(18)4-6-15(12)22-16/h3-8H,1-2H3,(H,20,21). The fraction of sp³-hybridized carbons (Fsp3) is 0.118. The number of carbonyl (C=O) groups excluding carboxylic acids is 1. The number of benzene rings is 2. The maximum absolute atomic E-state index is 12.4. The third-order valence-electron chi connectivity index (χ3n) is 3.48. The van der Waals surface area contributed by atoms with Crippen molar-refractivity contribution in [3.63, 3.8) is 0 Å². The molecule has 5 heteroatoms. The summed E-state index contributed by atoms with van der Waals surface area (Å²) in [6.07, 6.45) is 0. The van der Waals surface area contributed by atoms with Gasteiger partial charge in [0.1, 0.15) is 5.58 Å². The molecule has 2 aromatic carbocycles. The zero-order valence-electron chi connectivity index (χ0n) is 12.0. The molecule has 0 bridgehead atoms. The van der Waals surface area contributed by atoms with Crippen molar-refractivity contribution < 1.29 is 9.21 Å². The van der Waals surface area contributed by atoms with Gasteiger partial charge in [-0.05, 0) is 49.7 Å². The van der Waals surface area contributed by atoms with E-state index in [9.17, 15) is 4.79 Å². The highest BCUT2D eigenvalue weighted by molar-refractivity contribution is 6.34. The average molecular weight is 334 g/mol. The monoisotopic (exact) mass is 333 g/mol. The number of anilines is 1. The second-order valence-corrected chi connectivity index (χ2v) is 5.98. The molecular formula is C17H13Cl2NO2. The SMILES string of the molecule is Cc1ccc(NC(=O)c2oc3ccc(Cl)cc3c2C)c(Cl)c1. The number of amides is 1. The molecule has 1 N–H and O–H groups in total. The quantitative estimate of drug-likeness (QED) is 0.662. The largest absolute Gasteiger partial charge is 0.451 e. The topological polar surface area (TPSA) is 42.2 Å². The first-order valence-electron chi connectivity index (χ1n) is 6.72. The summed E-state index contributed by atoms with van der Waals surface area (Å²) in [5, 5.41) is 4.69. The maximum atomic E-state index is 12.4. The predicted octanol–water partition coefficient (Wildman–Crippen LogP) is 5.61. The van der Waals surface area contributed by atoms with Crippen LogP contribution in [0.4, 0.5) is 5.69 Å². The van der Waals surface area contributed by atoms with Gasteiger partial charge in [-0.2, -0.15) is 0 Å². The molecule has 3 rings (SSSR count). The van der Waals surface area contributed by atoms with Gasteiger partial charge in [0, 0.05) is 16.0 Å². The van der Waals surface area contributed by atoms with E-state index in [1.165, 1.54) is 0 Å². The van der Waals surface area contributed by atoms with Crippen molar-refractivity contribution in [2.24, 2.45) is 0 Å². The lowest BCUT2D eigenvalue weighted by Crippen LogP contribution is -2.12. The normalized spacial score (nSPS) is 10.9. The van der Waals surface area contributed by atoms with E-state index in [0.29, 0.717) is 21.3 Å². The van der Waals surface area contributed by atoms with E-state index in [1.807, 2.05) is 19.9 Å². The third-order valence-corrected chi connectivity index (χ3v) is 4.03. The molecule has 112 valence electrons. The number of carbonyl (C=O) groups is 1. The Kier molecular flexibility index (Phi) is 3.85. The van der Waals surface area contributed by atoms with Gasteiger partial charge in [-0.3, -0.25) is 4.79 Å². The first-order chi connectivity index (χ1) is 10.5. The van der Waals surface area contributed by atoms with Crippen molar-refractivity contribution >= 4 is 45.8 Å². The second-order valence-electron chi connectivity index (χ2n) is 5.13. The lowest BCUT2D eigenvalue weighted by atomic mass is 10.1. The Hall–Kier alpha value is -1.97. The Balaban J connectivity index is 1.97. The number of rotatable bonds is 2. The molecule has 22 heavy (non-hydrogen) atoms. The van der Waals surface area contributed by atoms with Crippen LogP contribution in [-0.2, 0) is 0 Å². The van der Waals surface area contributed by atoms with Gasteiger partial charge in [0.25, 0.3) is 5.91 Å². The Morgan fingerprint density at radius 2 is 1.86 bits per heavy atom. The molecule has 1 aromatic heterocycles. The Bertz CT molecular complexity index is 884. The fourth-order valence-electron chi connectivity index (χ4n) is 2.31. The lowest BCUT2D eigenvalue weighted by Gasteiger charge is -2.06. The van der Waals surface area contributed by atoms with Gasteiger partial charge in [-0.15, -0.1) is 0 Å². The molecule has 0 aliphatic heterocycles. The molecule has 0 aliphatic rings. The van der Waals surface area contributed by atoms with E-state index in [0.717, 1.165) is 16.5 Å². The van der Waals surface area contributed by atoms with Crippen LogP contribution in [-0.4, -0.2) is 5.91 Å². The average Bonchev–Trinajstić information content (AvgIpc) is 2.79. The van der Waals surface area contributed by atoms with E-state index in [-0.39, 0.29) is 11.7 Å². The van der Waals surface area contributed by atoms with E-state index in [1.54, 1.807) is 30.3 Å². The van der Waals surface area contributed by atoms with Crippen molar-refractivity contribution in [1.29, 1.82) is 0 Å². The summed E-state index contributed by atoms with van der Waals surface area (Å²) in [6, 6.07) is 10.7. The summed E-state index contributed by atoms with van der Waals surface area (Å²) in [7, 11) is 0. The molecule has 1 amide bonds. The van der Waals surface area contributed by atoms with Gasteiger partial charge < -0.3 is 9.73 Å². The number of aryl methyl sites for hydroxylation is 2. The smallest absolute Gasteiger partial charge is 0.291 e. The van der Waals surface area contributed by atoms with Crippen molar-refractivity contribution in [3.8, 4) is 0 Å². The Labute approximate surface area is 137 Å². The molecule has 0 fully saturated rings. The number of furan rings is 1. The number of nitrogens with one attached hydrogen (secondary N) is 1. The highest BCUT2D eigenvalue weighted by atomic mass is 35.5. The molecule has 3 aromatic rings. The molecule has 0 radical (unpaired) electrons. The number of halogens is 2. The summed E-state index contributed by atoms with van der Waals surface area (Å²) in [4.78, 5) is 12.4. The number of hydrogen-bond donors (Lipinski definition) is 1. The first-order valence-corrected chi connectivity index (χ1v) is 7.47. The predicted molar refractivity (Wildman–Crippen MR) is 90.1 cm³/mol. The van der Waals surface area contributed by atoms with Gasteiger partial charge in [-0.1, -0.05) is 29.3 Å². The Morgan fingerprint density at radius 3 is 2.59 bits per heavy atom. The highest BCUT2D eigenvalue weighted by Gasteiger charge is 2.18. The summed E-state index contributed by atoms with van der Waals surface area (Å²) in [5.41, 5.74) is 2.95. The van der Waals surface area contributed by atoms with E-state index in [4.69, 9.17) is 27.6 Å². The summed E-state index contributed by atoms with van der Waals surface area (Å²) in [5.74, 6) is -0.0792. The summed E-state index contributed by atoms with van der Waals surface area (Å²) in [6.45, 7) is 3.76. The molecule has 0 saturated heterocycles. The molecular weight excluding hydrogens is 321 g/mol. The van der Waals surface area contributed by atoms with Crippen LogP contribution in [0.1, 0.15) is 21.7 Å². The van der Waals surface area contributed by atoms with Crippen LogP contribution >= 0.6 is 23.2 Å². The number of hydrogen-bond acceptors (Lipinski definition) is 2. The van der Waals surface area contributed by atoms with Gasteiger partial charge in [-0.25, -0.2) is 0 Å². The Morgan fingerprint density at radius 1 is 1.09 bits per heavy atom. The van der Waals surface area contributed by atoms with Crippen molar-refractivity contribution in [2.75, 3.05) is 5.32 Å². The van der Waals surface area contributed by atoms with Crippen LogP contribution in [0, 0.1) is 13.8 Å². The van der Waals surface area contributed by atoms with Crippen LogP contribution in [0.15, 0.2) is 40.8 Å². The minimum absolute atomic E-state index is 0.258. The fourth-order valence-corrected chi connectivity index (χ4v) is 2.76. The molecule has 0 spiro atoms. The molecule has 0 aliphatic carbocycles. The second kappa shape index (κ2) is 5.67. The minimum Gasteiger partial charge on any atom is -0.451 e. The summed E-state index contributed by atoms with van der Waals surface area (Å²) >= 11 is 12.1. The van der Waals surface area contributed by atoms with Crippen LogP contribution < -0.4 is 5.32 Å². The van der Waals surface area contributed by atoms with Gasteiger partial charge in [0.05, 0.1) is 10.7 Å². The van der Waals surface area contributed by atoms with E-state index < -0.39 is 0 Å². The highest BCUT2D eigenvalue weighted by Crippen LogP contribution is 2.29. The van der Waals surface area contributed by atoms with E-state index in [2.05, 4.69) is 5.32 Å². The molecule has 3 nitrogen and oxygen atoms in total. The van der Waals surface area contributed by atoms with Crippen molar-refractivity contribution in [1.82, 2.24) is 0 Å². The maximum Gasteiger partial charge on any atom is 0.291 e. The van der Waals surface area contributed by atoms with Gasteiger partial charge in [0.2, 0.25) is 0 Å². The minimum atomic E-state index is -0.337. The molecule has 0 unspecified atom stereocenters. The first kappa shape index (κ1) is 14.9. The molecule has 1 heterocycles. The van der Waals surface area contributed by atoms with Crippen LogP contribution in [0.25, 0.3) is 11.0 Å².